The average Bonchev–Trinajstić information content (AvgIpc) is 2.71. The lowest BCUT2D eigenvalue weighted by Crippen LogP contribution is -2.30. The van der Waals surface area contributed by atoms with Crippen molar-refractivity contribution in [3.8, 4) is 0 Å². The number of nitrogens with two attached hydrogens (primary N) is 1. The van der Waals surface area contributed by atoms with Gasteiger partial charge in [-0.2, -0.15) is 0 Å². The highest BCUT2D eigenvalue weighted by atomic mass is 19.1. The summed E-state index contributed by atoms with van der Waals surface area (Å²) in [7, 11) is 0. The molecule has 0 spiro atoms. The summed E-state index contributed by atoms with van der Waals surface area (Å²) in [6.07, 6.45) is 5.59. The molecule has 0 radical (unpaired) electrons. The lowest BCUT2D eigenvalue weighted by molar-refractivity contribution is 0.302. The van der Waals surface area contributed by atoms with E-state index in [1.54, 1.807) is 6.07 Å². The molecule has 0 atom stereocenters. The van der Waals surface area contributed by atoms with Crippen LogP contribution in [0.5, 0.6) is 0 Å². The highest BCUT2D eigenvalue weighted by Crippen LogP contribution is 2.40. The highest BCUT2D eigenvalue weighted by molar-refractivity contribution is 5.19. The standard InChI is InChI=1S/C13H18FN/c14-12-6-2-1-5-11(12)9-13(10-15)7-3-4-8-13/h1-2,5-6H,3-4,7-10,15H2. The van der Waals surface area contributed by atoms with Gasteiger partial charge in [-0.15, -0.1) is 0 Å². The summed E-state index contributed by atoms with van der Waals surface area (Å²) in [5.74, 6) is -0.0859. The first-order chi connectivity index (χ1) is 7.26. The number of halogens is 1. The van der Waals surface area contributed by atoms with Gasteiger partial charge >= 0.3 is 0 Å². The predicted molar refractivity (Wildman–Crippen MR) is 60.1 cm³/mol. The van der Waals surface area contributed by atoms with Crippen LogP contribution in [0.2, 0.25) is 0 Å². The van der Waals surface area contributed by atoms with Crippen molar-refractivity contribution in [1.82, 2.24) is 0 Å². The number of rotatable bonds is 3. The molecule has 0 saturated heterocycles. The molecule has 0 amide bonds. The largest absolute Gasteiger partial charge is 0.330 e. The third-order valence-electron chi connectivity index (χ3n) is 3.62. The molecule has 0 aromatic heterocycles. The van der Waals surface area contributed by atoms with Crippen LogP contribution >= 0.6 is 0 Å². The number of hydrogen-bond acceptors (Lipinski definition) is 1. The van der Waals surface area contributed by atoms with Crippen LogP contribution in [0, 0.1) is 11.2 Å². The van der Waals surface area contributed by atoms with Gasteiger partial charge in [0.25, 0.3) is 0 Å². The van der Waals surface area contributed by atoms with Crippen molar-refractivity contribution >= 4 is 0 Å². The minimum Gasteiger partial charge on any atom is -0.330 e. The molecule has 0 bridgehead atoms. The van der Waals surface area contributed by atoms with Gasteiger partial charge in [-0.25, -0.2) is 4.39 Å². The highest BCUT2D eigenvalue weighted by Gasteiger charge is 2.33. The Bertz CT molecular complexity index is 329. The maximum Gasteiger partial charge on any atom is 0.126 e. The van der Waals surface area contributed by atoms with Gasteiger partial charge in [0.1, 0.15) is 5.82 Å². The second-order valence-corrected chi connectivity index (χ2v) is 4.68. The zero-order valence-electron chi connectivity index (χ0n) is 9.01. The van der Waals surface area contributed by atoms with Crippen molar-refractivity contribution < 1.29 is 4.39 Å². The van der Waals surface area contributed by atoms with Gasteiger partial charge in [0.2, 0.25) is 0 Å². The Morgan fingerprint density at radius 1 is 1.20 bits per heavy atom. The van der Waals surface area contributed by atoms with E-state index in [9.17, 15) is 4.39 Å². The van der Waals surface area contributed by atoms with Crippen molar-refractivity contribution in [2.24, 2.45) is 11.1 Å². The summed E-state index contributed by atoms with van der Waals surface area (Å²) in [6, 6.07) is 7.06. The summed E-state index contributed by atoms with van der Waals surface area (Å²) >= 11 is 0. The maximum absolute atomic E-state index is 13.5. The molecule has 0 unspecified atom stereocenters. The third kappa shape index (κ3) is 2.20. The van der Waals surface area contributed by atoms with Crippen LogP contribution in [-0.4, -0.2) is 6.54 Å². The Morgan fingerprint density at radius 2 is 1.87 bits per heavy atom. The zero-order chi connectivity index (χ0) is 10.7. The monoisotopic (exact) mass is 207 g/mol. The molecular weight excluding hydrogens is 189 g/mol. The Morgan fingerprint density at radius 3 is 2.47 bits per heavy atom. The van der Waals surface area contributed by atoms with E-state index < -0.39 is 0 Å². The molecule has 1 aromatic carbocycles. The fraction of sp³-hybridized carbons (Fsp3) is 0.538. The lowest BCUT2D eigenvalue weighted by Gasteiger charge is -2.27. The first kappa shape index (κ1) is 10.6. The maximum atomic E-state index is 13.5. The second kappa shape index (κ2) is 4.31. The van der Waals surface area contributed by atoms with Gasteiger partial charge in [-0.1, -0.05) is 31.0 Å². The average molecular weight is 207 g/mol. The lowest BCUT2D eigenvalue weighted by atomic mass is 9.80. The molecule has 1 fully saturated rings. The SMILES string of the molecule is NCC1(Cc2ccccc2F)CCCC1. The van der Waals surface area contributed by atoms with Crippen LogP contribution in [-0.2, 0) is 6.42 Å². The Hall–Kier alpha value is -0.890. The summed E-state index contributed by atoms with van der Waals surface area (Å²) in [6.45, 7) is 0.682. The fourth-order valence-corrected chi connectivity index (χ4v) is 2.62. The molecule has 2 rings (SSSR count). The summed E-state index contributed by atoms with van der Waals surface area (Å²) < 4.78 is 13.5. The van der Waals surface area contributed by atoms with Gasteiger partial charge in [0.15, 0.2) is 0 Å². The fourth-order valence-electron chi connectivity index (χ4n) is 2.62. The van der Waals surface area contributed by atoms with Crippen LogP contribution in [0.1, 0.15) is 31.2 Å². The second-order valence-electron chi connectivity index (χ2n) is 4.68. The molecule has 82 valence electrons. The Labute approximate surface area is 90.5 Å². The van der Waals surface area contributed by atoms with E-state index in [1.165, 1.54) is 18.9 Å². The summed E-state index contributed by atoms with van der Waals surface area (Å²) in [5, 5.41) is 0. The molecule has 1 nitrogen and oxygen atoms in total. The van der Waals surface area contributed by atoms with Crippen molar-refractivity contribution in [2.45, 2.75) is 32.1 Å². The molecule has 2 N–H and O–H groups in total. The van der Waals surface area contributed by atoms with E-state index in [0.717, 1.165) is 24.8 Å². The van der Waals surface area contributed by atoms with E-state index in [2.05, 4.69) is 0 Å². The van der Waals surface area contributed by atoms with E-state index >= 15 is 0 Å². The van der Waals surface area contributed by atoms with Gasteiger partial charge < -0.3 is 5.73 Å². The van der Waals surface area contributed by atoms with Gasteiger partial charge in [0.05, 0.1) is 0 Å². The molecule has 0 heterocycles. The minimum absolute atomic E-state index is 0.0859. The Balaban J connectivity index is 2.16. The number of hydrogen-bond donors (Lipinski definition) is 1. The first-order valence-electron chi connectivity index (χ1n) is 5.69. The van der Waals surface area contributed by atoms with Crippen molar-refractivity contribution in [3.05, 3.63) is 35.6 Å². The van der Waals surface area contributed by atoms with Gasteiger partial charge in [0, 0.05) is 0 Å². The summed E-state index contributed by atoms with van der Waals surface area (Å²) in [4.78, 5) is 0. The van der Waals surface area contributed by atoms with Crippen molar-refractivity contribution in [1.29, 1.82) is 0 Å². The van der Waals surface area contributed by atoms with E-state index in [4.69, 9.17) is 5.73 Å². The predicted octanol–water partition coefficient (Wildman–Crippen LogP) is 2.89. The molecule has 1 aliphatic carbocycles. The molecule has 2 heteroatoms. The minimum atomic E-state index is -0.0859. The smallest absolute Gasteiger partial charge is 0.126 e. The van der Waals surface area contributed by atoms with Crippen LogP contribution in [0.3, 0.4) is 0 Å². The van der Waals surface area contributed by atoms with Crippen LogP contribution in [0.15, 0.2) is 24.3 Å². The van der Waals surface area contributed by atoms with E-state index in [1.807, 2.05) is 12.1 Å². The van der Waals surface area contributed by atoms with E-state index in [-0.39, 0.29) is 11.2 Å². The van der Waals surface area contributed by atoms with Crippen LogP contribution in [0.4, 0.5) is 4.39 Å². The Kier molecular flexibility index (Phi) is 3.06. The normalized spacial score (nSPS) is 19.3. The van der Waals surface area contributed by atoms with Gasteiger partial charge in [-0.3, -0.25) is 0 Å². The van der Waals surface area contributed by atoms with E-state index in [0.29, 0.717) is 6.54 Å². The molecule has 15 heavy (non-hydrogen) atoms. The molecule has 1 saturated carbocycles. The molecule has 1 aliphatic rings. The summed E-state index contributed by atoms with van der Waals surface area (Å²) in [5.41, 5.74) is 6.84. The van der Waals surface area contributed by atoms with Crippen LogP contribution < -0.4 is 5.73 Å². The quantitative estimate of drug-likeness (QED) is 0.810. The first-order valence-corrected chi connectivity index (χ1v) is 5.69. The number of benzene rings is 1. The van der Waals surface area contributed by atoms with Crippen molar-refractivity contribution in [3.63, 3.8) is 0 Å². The molecule has 1 aromatic rings. The molecular formula is C13H18FN. The van der Waals surface area contributed by atoms with Crippen molar-refractivity contribution in [2.75, 3.05) is 6.54 Å². The van der Waals surface area contributed by atoms with Gasteiger partial charge in [-0.05, 0) is 42.9 Å². The van der Waals surface area contributed by atoms with Crippen LogP contribution in [0.25, 0.3) is 0 Å². The third-order valence-corrected chi connectivity index (χ3v) is 3.62. The zero-order valence-corrected chi connectivity index (χ0v) is 9.01. The topological polar surface area (TPSA) is 26.0 Å². The molecule has 0 aliphatic heterocycles.